The molecule has 3 rings (SSSR count). The normalized spacial score (nSPS) is 10.8. The number of fused-ring (bicyclic) bond motifs is 1. The highest BCUT2D eigenvalue weighted by molar-refractivity contribution is 6.30. The lowest BCUT2D eigenvalue weighted by atomic mass is 10.1. The average Bonchev–Trinajstić information content (AvgIpc) is 2.48. The third-order valence-corrected chi connectivity index (χ3v) is 3.72. The Morgan fingerprint density at radius 3 is 2.45 bits per heavy atom. The predicted octanol–water partition coefficient (Wildman–Crippen LogP) is 4.69. The van der Waals surface area contributed by atoms with Crippen molar-refractivity contribution in [2.45, 2.75) is 13.8 Å². The Balaban J connectivity index is 1.99. The molecule has 0 saturated carbocycles. The summed E-state index contributed by atoms with van der Waals surface area (Å²) in [5, 5.41) is 10.6. The fraction of sp³-hybridized carbons (Fsp3) is 0.125. The van der Waals surface area contributed by atoms with Crippen molar-refractivity contribution in [1.82, 2.24) is 10.2 Å². The van der Waals surface area contributed by atoms with E-state index in [0.717, 1.165) is 22.3 Å². The molecule has 4 heteroatoms. The zero-order valence-electron chi connectivity index (χ0n) is 11.2. The maximum Gasteiger partial charge on any atom is 0.242 e. The number of nitrogens with zero attached hydrogens (tertiary/aromatic N) is 2. The first-order valence-corrected chi connectivity index (χ1v) is 6.69. The summed E-state index contributed by atoms with van der Waals surface area (Å²) in [6, 6.07) is 14.1. The number of aromatic nitrogens is 2. The van der Waals surface area contributed by atoms with Crippen LogP contribution in [0.25, 0.3) is 10.8 Å². The molecule has 2 aromatic carbocycles. The zero-order valence-corrected chi connectivity index (χ0v) is 12.0. The number of hydrogen-bond donors (Lipinski definition) is 0. The zero-order chi connectivity index (χ0) is 14.1. The minimum Gasteiger partial charge on any atom is -0.437 e. The summed E-state index contributed by atoms with van der Waals surface area (Å²) in [7, 11) is 0. The van der Waals surface area contributed by atoms with E-state index < -0.39 is 0 Å². The van der Waals surface area contributed by atoms with Crippen molar-refractivity contribution < 1.29 is 4.74 Å². The summed E-state index contributed by atoms with van der Waals surface area (Å²) < 4.78 is 5.82. The molecular formula is C16H13ClN2O. The van der Waals surface area contributed by atoms with Crippen molar-refractivity contribution >= 4 is 22.4 Å². The molecule has 0 radical (unpaired) electrons. The molecule has 0 bridgehead atoms. The van der Waals surface area contributed by atoms with E-state index in [4.69, 9.17) is 16.3 Å². The van der Waals surface area contributed by atoms with E-state index in [2.05, 4.69) is 16.3 Å². The molecule has 0 N–H and O–H groups in total. The van der Waals surface area contributed by atoms with Crippen LogP contribution in [0.15, 0.2) is 42.5 Å². The molecule has 0 aliphatic carbocycles. The van der Waals surface area contributed by atoms with Crippen molar-refractivity contribution in [3.63, 3.8) is 0 Å². The van der Waals surface area contributed by atoms with Gasteiger partial charge in [-0.2, -0.15) is 0 Å². The molecule has 0 fully saturated rings. The van der Waals surface area contributed by atoms with Gasteiger partial charge in [0.1, 0.15) is 5.75 Å². The number of halogens is 1. The lowest BCUT2D eigenvalue weighted by Crippen LogP contribution is -1.97. The van der Waals surface area contributed by atoms with Gasteiger partial charge in [0.25, 0.3) is 0 Å². The summed E-state index contributed by atoms with van der Waals surface area (Å²) in [5.41, 5.74) is 1.79. The van der Waals surface area contributed by atoms with Gasteiger partial charge in [0, 0.05) is 5.56 Å². The maximum absolute atomic E-state index is 5.94. The van der Waals surface area contributed by atoms with E-state index in [1.165, 1.54) is 5.39 Å². The molecule has 0 aliphatic rings. The van der Waals surface area contributed by atoms with Crippen LogP contribution in [0.5, 0.6) is 11.6 Å². The Morgan fingerprint density at radius 1 is 0.900 bits per heavy atom. The topological polar surface area (TPSA) is 35.0 Å². The SMILES string of the molecule is Cc1c(Cl)nnc(Oc2ccc3ccccc3c2)c1C. The van der Waals surface area contributed by atoms with Crippen molar-refractivity contribution in [2.75, 3.05) is 0 Å². The number of rotatable bonds is 2. The van der Waals surface area contributed by atoms with Gasteiger partial charge in [-0.1, -0.05) is 41.9 Å². The van der Waals surface area contributed by atoms with E-state index >= 15 is 0 Å². The van der Waals surface area contributed by atoms with Gasteiger partial charge in [0.15, 0.2) is 5.15 Å². The van der Waals surface area contributed by atoms with E-state index in [1.54, 1.807) is 0 Å². The van der Waals surface area contributed by atoms with Crippen LogP contribution in [0, 0.1) is 13.8 Å². The van der Waals surface area contributed by atoms with Crippen molar-refractivity contribution in [3.8, 4) is 11.6 Å². The number of hydrogen-bond acceptors (Lipinski definition) is 3. The molecule has 0 atom stereocenters. The van der Waals surface area contributed by atoms with Gasteiger partial charge < -0.3 is 4.74 Å². The third-order valence-electron chi connectivity index (χ3n) is 3.36. The summed E-state index contributed by atoms with van der Waals surface area (Å²) >= 11 is 5.94. The molecule has 3 nitrogen and oxygen atoms in total. The lowest BCUT2D eigenvalue weighted by Gasteiger charge is -2.10. The first-order valence-electron chi connectivity index (χ1n) is 6.31. The van der Waals surface area contributed by atoms with Crippen LogP contribution in [-0.2, 0) is 0 Å². The van der Waals surface area contributed by atoms with Crippen LogP contribution in [0.1, 0.15) is 11.1 Å². The van der Waals surface area contributed by atoms with Crippen LogP contribution in [0.3, 0.4) is 0 Å². The van der Waals surface area contributed by atoms with Gasteiger partial charge in [0.2, 0.25) is 5.88 Å². The van der Waals surface area contributed by atoms with Crippen molar-refractivity contribution in [1.29, 1.82) is 0 Å². The van der Waals surface area contributed by atoms with Crippen LogP contribution in [0.2, 0.25) is 5.15 Å². The van der Waals surface area contributed by atoms with Crippen LogP contribution in [0.4, 0.5) is 0 Å². The number of ether oxygens (including phenoxy) is 1. The van der Waals surface area contributed by atoms with Crippen molar-refractivity contribution in [2.24, 2.45) is 0 Å². The highest BCUT2D eigenvalue weighted by atomic mass is 35.5. The van der Waals surface area contributed by atoms with Gasteiger partial charge in [-0.05, 0) is 42.3 Å². The molecule has 0 amide bonds. The molecule has 1 heterocycles. The molecular weight excluding hydrogens is 272 g/mol. The fourth-order valence-corrected chi connectivity index (χ4v) is 2.17. The van der Waals surface area contributed by atoms with Crippen LogP contribution >= 0.6 is 11.6 Å². The van der Waals surface area contributed by atoms with Gasteiger partial charge in [-0.25, -0.2) is 0 Å². The summed E-state index contributed by atoms with van der Waals surface area (Å²) in [5.74, 6) is 1.23. The van der Waals surface area contributed by atoms with Crippen LogP contribution in [-0.4, -0.2) is 10.2 Å². The summed E-state index contributed by atoms with van der Waals surface area (Å²) in [6.07, 6.45) is 0. The summed E-state index contributed by atoms with van der Waals surface area (Å²) in [4.78, 5) is 0. The number of benzene rings is 2. The molecule has 0 unspecified atom stereocenters. The quantitative estimate of drug-likeness (QED) is 0.684. The second kappa shape index (κ2) is 5.10. The minimum absolute atomic E-state index is 0.411. The average molecular weight is 285 g/mol. The van der Waals surface area contributed by atoms with Gasteiger partial charge in [-0.15, -0.1) is 10.2 Å². The van der Waals surface area contributed by atoms with E-state index in [-0.39, 0.29) is 0 Å². The Kier molecular flexibility index (Phi) is 3.28. The first-order chi connectivity index (χ1) is 9.65. The molecule has 1 aromatic heterocycles. The molecule has 0 aliphatic heterocycles. The Bertz CT molecular complexity index is 787. The van der Waals surface area contributed by atoms with Crippen LogP contribution < -0.4 is 4.74 Å². The maximum atomic E-state index is 5.94. The standard InChI is InChI=1S/C16H13ClN2O/c1-10-11(2)16(19-18-15(10)17)20-14-8-7-12-5-3-4-6-13(12)9-14/h3-9H,1-2H3. The highest BCUT2D eigenvalue weighted by Gasteiger charge is 2.10. The van der Waals surface area contributed by atoms with E-state index in [1.807, 2.05) is 50.2 Å². The Labute approximate surface area is 122 Å². The molecule has 20 heavy (non-hydrogen) atoms. The second-order valence-electron chi connectivity index (χ2n) is 4.66. The van der Waals surface area contributed by atoms with E-state index in [0.29, 0.717) is 11.0 Å². The molecule has 0 spiro atoms. The smallest absolute Gasteiger partial charge is 0.242 e. The van der Waals surface area contributed by atoms with Gasteiger partial charge >= 0.3 is 0 Å². The van der Waals surface area contributed by atoms with Crippen molar-refractivity contribution in [3.05, 3.63) is 58.7 Å². The minimum atomic E-state index is 0.411. The monoisotopic (exact) mass is 284 g/mol. The van der Waals surface area contributed by atoms with E-state index in [9.17, 15) is 0 Å². The second-order valence-corrected chi connectivity index (χ2v) is 5.01. The molecule has 0 saturated heterocycles. The predicted molar refractivity (Wildman–Crippen MR) is 80.5 cm³/mol. The Hall–Kier alpha value is -2.13. The lowest BCUT2D eigenvalue weighted by molar-refractivity contribution is 0.451. The van der Waals surface area contributed by atoms with Gasteiger partial charge in [0.05, 0.1) is 0 Å². The fourth-order valence-electron chi connectivity index (χ4n) is 1.99. The molecule has 3 aromatic rings. The summed E-state index contributed by atoms with van der Waals surface area (Å²) in [6.45, 7) is 3.83. The molecule has 100 valence electrons. The Morgan fingerprint density at radius 2 is 1.65 bits per heavy atom. The largest absolute Gasteiger partial charge is 0.437 e. The third kappa shape index (κ3) is 2.32. The highest BCUT2D eigenvalue weighted by Crippen LogP contribution is 2.28. The van der Waals surface area contributed by atoms with Gasteiger partial charge in [-0.3, -0.25) is 0 Å². The first kappa shape index (κ1) is 12.9.